The second kappa shape index (κ2) is 4.93. The highest BCUT2D eigenvalue weighted by molar-refractivity contribution is 7.14. The van der Waals surface area contributed by atoms with Crippen molar-refractivity contribution >= 4 is 22.4 Å². The fraction of sp³-hybridized carbons (Fsp3) is 0.636. The third kappa shape index (κ3) is 2.59. The predicted octanol–water partition coefficient (Wildman–Crippen LogP) is 1.77. The molecule has 0 bridgehead atoms. The first-order chi connectivity index (χ1) is 7.72. The number of aromatic nitrogens is 1. The van der Waals surface area contributed by atoms with E-state index in [1.54, 1.807) is 18.3 Å². The van der Waals surface area contributed by atoms with Crippen LogP contribution in [0.3, 0.4) is 0 Å². The Hall–Kier alpha value is -0.940. The fourth-order valence-corrected chi connectivity index (χ4v) is 2.56. The molecule has 2 rings (SSSR count). The maximum Gasteiger partial charge on any atom is 0.225 e. The van der Waals surface area contributed by atoms with Gasteiger partial charge in [0.15, 0.2) is 5.13 Å². The monoisotopic (exact) mass is 239 g/mol. The minimum Gasteiger partial charge on any atom is -0.311 e. The molecule has 1 aromatic rings. The molecule has 1 heterocycles. The van der Waals surface area contributed by atoms with Crippen LogP contribution < -0.4 is 10.2 Å². The number of nitrogens with zero attached hydrogens (tertiary/aromatic N) is 2. The summed E-state index contributed by atoms with van der Waals surface area (Å²) >= 11 is 1.56. The number of thiazole rings is 1. The minimum atomic E-state index is 0.104. The van der Waals surface area contributed by atoms with Gasteiger partial charge in [0.05, 0.1) is 5.69 Å². The average Bonchev–Trinajstić information content (AvgIpc) is 2.95. The fourth-order valence-electron chi connectivity index (χ4n) is 1.62. The summed E-state index contributed by atoms with van der Waals surface area (Å²) in [6, 6.07) is 0.399. The van der Waals surface area contributed by atoms with E-state index in [-0.39, 0.29) is 5.91 Å². The summed E-state index contributed by atoms with van der Waals surface area (Å²) in [5.41, 5.74) is 1.02. The lowest BCUT2D eigenvalue weighted by atomic mass is 10.5. The van der Waals surface area contributed by atoms with E-state index < -0.39 is 0 Å². The number of carbonyl (C=O) groups is 1. The van der Waals surface area contributed by atoms with E-state index in [0.717, 1.165) is 36.8 Å². The second-order valence-electron chi connectivity index (χ2n) is 4.02. The van der Waals surface area contributed by atoms with Crippen LogP contribution >= 0.6 is 11.3 Å². The summed E-state index contributed by atoms with van der Waals surface area (Å²) in [7, 11) is 0. The zero-order valence-electron chi connectivity index (χ0n) is 9.69. The zero-order chi connectivity index (χ0) is 11.5. The summed E-state index contributed by atoms with van der Waals surface area (Å²) in [4.78, 5) is 17.9. The van der Waals surface area contributed by atoms with Gasteiger partial charge < -0.3 is 5.32 Å². The zero-order valence-corrected chi connectivity index (χ0v) is 10.5. The van der Waals surface area contributed by atoms with Gasteiger partial charge in [0.1, 0.15) is 0 Å². The molecule has 1 N–H and O–H groups in total. The third-order valence-corrected chi connectivity index (χ3v) is 3.44. The van der Waals surface area contributed by atoms with Gasteiger partial charge in [0.25, 0.3) is 0 Å². The smallest absolute Gasteiger partial charge is 0.225 e. The van der Waals surface area contributed by atoms with Crippen molar-refractivity contribution in [3.63, 3.8) is 0 Å². The van der Waals surface area contributed by atoms with Crippen molar-refractivity contribution in [2.45, 2.75) is 39.3 Å². The number of hydrogen-bond donors (Lipinski definition) is 1. The minimum absolute atomic E-state index is 0.104. The van der Waals surface area contributed by atoms with Crippen molar-refractivity contribution in [2.24, 2.45) is 0 Å². The van der Waals surface area contributed by atoms with E-state index in [0.29, 0.717) is 6.04 Å². The third-order valence-electron chi connectivity index (χ3n) is 2.55. The van der Waals surface area contributed by atoms with Crippen LogP contribution in [-0.2, 0) is 11.3 Å². The highest BCUT2D eigenvalue weighted by atomic mass is 32.1. The van der Waals surface area contributed by atoms with Crippen molar-refractivity contribution in [3.8, 4) is 0 Å². The number of hydrogen-bond acceptors (Lipinski definition) is 4. The SMILES string of the molecule is CCNCc1csc(N(C(C)=O)C2CC2)n1. The predicted molar refractivity (Wildman–Crippen MR) is 65.7 cm³/mol. The van der Waals surface area contributed by atoms with Gasteiger partial charge in [0.2, 0.25) is 5.91 Å². The van der Waals surface area contributed by atoms with Crippen molar-refractivity contribution in [1.29, 1.82) is 0 Å². The lowest BCUT2D eigenvalue weighted by Crippen LogP contribution is -2.30. The van der Waals surface area contributed by atoms with Gasteiger partial charge in [-0.25, -0.2) is 4.98 Å². The summed E-state index contributed by atoms with van der Waals surface area (Å²) in [6.07, 6.45) is 2.23. The van der Waals surface area contributed by atoms with E-state index in [9.17, 15) is 4.79 Å². The maximum absolute atomic E-state index is 11.5. The van der Waals surface area contributed by atoms with E-state index in [4.69, 9.17) is 0 Å². The van der Waals surface area contributed by atoms with E-state index in [1.165, 1.54) is 0 Å². The standard InChI is InChI=1S/C11H17N3OS/c1-3-12-6-9-7-16-11(13-9)14(8(2)15)10-4-5-10/h7,10,12H,3-6H2,1-2H3. The molecule has 5 heteroatoms. The van der Waals surface area contributed by atoms with Gasteiger partial charge >= 0.3 is 0 Å². The number of anilines is 1. The molecule has 88 valence electrons. The van der Waals surface area contributed by atoms with Crippen LogP contribution in [0.15, 0.2) is 5.38 Å². The van der Waals surface area contributed by atoms with Crippen LogP contribution in [0.1, 0.15) is 32.4 Å². The van der Waals surface area contributed by atoms with Gasteiger partial charge in [-0.15, -0.1) is 11.3 Å². The Morgan fingerprint density at radius 2 is 2.44 bits per heavy atom. The molecule has 0 radical (unpaired) electrons. The highest BCUT2D eigenvalue weighted by Gasteiger charge is 2.33. The van der Waals surface area contributed by atoms with Crippen LogP contribution in [0.2, 0.25) is 0 Å². The molecule has 0 atom stereocenters. The Morgan fingerprint density at radius 1 is 1.69 bits per heavy atom. The van der Waals surface area contributed by atoms with Crippen LogP contribution in [0.4, 0.5) is 5.13 Å². The number of carbonyl (C=O) groups excluding carboxylic acids is 1. The molecule has 1 fully saturated rings. The average molecular weight is 239 g/mol. The van der Waals surface area contributed by atoms with Crippen molar-refractivity contribution in [3.05, 3.63) is 11.1 Å². The molecular formula is C11H17N3OS. The Bertz CT molecular complexity index is 373. The molecule has 1 amide bonds. The van der Waals surface area contributed by atoms with Crippen LogP contribution in [0.5, 0.6) is 0 Å². The Morgan fingerprint density at radius 3 is 3.00 bits per heavy atom. The van der Waals surface area contributed by atoms with Crippen molar-refractivity contribution in [1.82, 2.24) is 10.3 Å². The lowest BCUT2D eigenvalue weighted by molar-refractivity contribution is -0.116. The molecule has 1 aromatic heterocycles. The Balaban J connectivity index is 2.06. The van der Waals surface area contributed by atoms with Crippen molar-refractivity contribution < 1.29 is 4.79 Å². The van der Waals surface area contributed by atoms with Gasteiger partial charge in [-0.2, -0.15) is 0 Å². The van der Waals surface area contributed by atoms with Gasteiger partial charge in [0, 0.05) is 24.9 Å². The van der Waals surface area contributed by atoms with Gasteiger partial charge in [-0.3, -0.25) is 9.69 Å². The van der Waals surface area contributed by atoms with Gasteiger partial charge in [-0.1, -0.05) is 6.92 Å². The molecule has 0 aromatic carbocycles. The first-order valence-electron chi connectivity index (χ1n) is 5.67. The van der Waals surface area contributed by atoms with Gasteiger partial charge in [-0.05, 0) is 19.4 Å². The molecule has 1 aliphatic carbocycles. The highest BCUT2D eigenvalue weighted by Crippen LogP contribution is 2.33. The van der Waals surface area contributed by atoms with Crippen LogP contribution in [0, 0.1) is 0 Å². The normalized spacial score (nSPS) is 15.1. The Labute approximate surface area is 99.7 Å². The molecule has 0 unspecified atom stereocenters. The number of nitrogens with one attached hydrogen (secondary N) is 1. The largest absolute Gasteiger partial charge is 0.311 e. The molecular weight excluding hydrogens is 222 g/mol. The first-order valence-corrected chi connectivity index (χ1v) is 6.55. The molecule has 0 spiro atoms. The quantitative estimate of drug-likeness (QED) is 0.851. The summed E-state index contributed by atoms with van der Waals surface area (Å²) in [6.45, 7) is 5.40. The van der Waals surface area contributed by atoms with Crippen LogP contribution in [-0.4, -0.2) is 23.5 Å². The number of rotatable bonds is 5. The first kappa shape index (κ1) is 11.5. The summed E-state index contributed by atoms with van der Waals surface area (Å²) in [5, 5.41) is 6.11. The molecule has 16 heavy (non-hydrogen) atoms. The molecule has 1 aliphatic rings. The maximum atomic E-state index is 11.5. The van der Waals surface area contributed by atoms with E-state index >= 15 is 0 Å². The summed E-state index contributed by atoms with van der Waals surface area (Å²) in [5.74, 6) is 0.104. The van der Waals surface area contributed by atoms with E-state index in [2.05, 4.69) is 17.2 Å². The van der Waals surface area contributed by atoms with E-state index in [1.807, 2.05) is 10.3 Å². The topological polar surface area (TPSA) is 45.2 Å². The second-order valence-corrected chi connectivity index (χ2v) is 4.86. The molecule has 1 saturated carbocycles. The Kier molecular flexibility index (Phi) is 3.56. The number of amides is 1. The van der Waals surface area contributed by atoms with Crippen molar-refractivity contribution in [2.75, 3.05) is 11.4 Å². The lowest BCUT2D eigenvalue weighted by Gasteiger charge is -2.16. The van der Waals surface area contributed by atoms with Crippen LogP contribution in [0.25, 0.3) is 0 Å². The molecule has 4 nitrogen and oxygen atoms in total. The molecule has 0 saturated heterocycles. The summed E-state index contributed by atoms with van der Waals surface area (Å²) < 4.78 is 0. The molecule has 0 aliphatic heterocycles.